The summed E-state index contributed by atoms with van der Waals surface area (Å²) in [6.45, 7) is 2.11. The minimum absolute atomic E-state index is 0.0628. The molecule has 5 nitrogen and oxygen atoms in total. The summed E-state index contributed by atoms with van der Waals surface area (Å²) < 4.78 is 38.6. The van der Waals surface area contributed by atoms with Crippen molar-refractivity contribution in [3.05, 3.63) is 83.2 Å². The predicted octanol–water partition coefficient (Wildman–Crippen LogP) is 3.93. The number of halogens is 2. The van der Waals surface area contributed by atoms with Crippen molar-refractivity contribution in [3.63, 3.8) is 0 Å². The normalized spacial score (nSPS) is 18.3. The molecular weight excluding hydrogens is 376 g/mol. The van der Waals surface area contributed by atoms with Crippen LogP contribution in [0.4, 0.5) is 8.78 Å². The third-order valence-corrected chi connectivity index (χ3v) is 5.08. The number of ether oxygens (including phenoxy) is 2. The lowest BCUT2D eigenvalue weighted by Gasteiger charge is -2.26. The van der Waals surface area contributed by atoms with Gasteiger partial charge in [-0.2, -0.15) is 4.39 Å². The number of aryl methyl sites for hydroxylation is 1. The third kappa shape index (κ3) is 3.29. The summed E-state index contributed by atoms with van der Waals surface area (Å²) in [6.07, 6.45) is 1.30. The van der Waals surface area contributed by atoms with Crippen LogP contribution in [0.1, 0.15) is 16.7 Å². The van der Waals surface area contributed by atoms with Crippen molar-refractivity contribution in [1.29, 1.82) is 0 Å². The molecule has 3 aromatic rings. The number of hydrogen-bond acceptors (Lipinski definition) is 5. The number of nitrogens with two attached hydrogens (primary N) is 1. The van der Waals surface area contributed by atoms with Gasteiger partial charge >= 0.3 is 0 Å². The van der Waals surface area contributed by atoms with Gasteiger partial charge in [0.15, 0.2) is 5.54 Å². The molecule has 7 heteroatoms. The molecule has 1 unspecified atom stereocenters. The molecule has 2 N–H and O–H groups in total. The monoisotopic (exact) mass is 395 g/mol. The summed E-state index contributed by atoms with van der Waals surface area (Å²) in [6, 6.07) is 13.1. The van der Waals surface area contributed by atoms with Gasteiger partial charge in [0.25, 0.3) is 6.02 Å². The largest absolute Gasteiger partial charge is 0.496 e. The third-order valence-electron chi connectivity index (χ3n) is 5.08. The highest BCUT2D eigenvalue weighted by atomic mass is 19.1. The fourth-order valence-electron chi connectivity index (χ4n) is 3.57. The molecule has 0 bridgehead atoms. The molecule has 2 aromatic carbocycles. The number of aliphatic imine (C=N–C) groups is 1. The van der Waals surface area contributed by atoms with Crippen molar-refractivity contribution in [2.45, 2.75) is 12.5 Å². The quantitative estimate of drug-likeness (QED) is 0.680. The molecule has 1 aliphatic heterocycles. The number of benzene rings is 2. The lowest BCUT2D eigenvalue weighted by molar-refractivity contribution is 0.278. The van der Waals surface area contributed by atoms with E-state index in [1.807, 2.05) is 25.1 Å². The van der Waals surface area contributed by atoms with E-state index in [1.54, 1.807) is 19.2 Å². The van der Waals surface area contributed by atoms with E-state index in [0.29, 0.717) is 16.7 Å². The number of pyridine rings is 1. The van der Waals surface area contributed by atoms with Gasteiger partial charge in [0.05, 0.1) is 7.11 Å². The Morgan fingerprint density at radius 1 is 1.07 bits per heavy atom. The van der Waals surface area contributed by atoms with Crippen LogP contribution in [0.15, 0.2) is 59.7 Å². The van der Waals surface area contributed by atoms with Gasteiger partial charge in [-0.05, 0) is 60.0 Å². The Morgan fingerprint density at radius 2 is 1.83 bits per heavy atom. The van der Waals surface area contributed by atoms with Gasteiger partial charge in [-0.15, -0.1) is 0 Å². The first-order chi connectivity index (χ1) is 13.9. The maximum Gasteiger partial charge on any atom is 0.283 e. The summed E-state index contributed by atoms with van der Waals surface area (Å²) in [5, 5.41) is 0. The minimum Gasteiger partial charge on any atom is -0.496 e. The van der Waals surface area contributed by atoms with Crippen LogP contribution >= 0.6 is 0 Å². The Balaban J connectivity index is 1.88. The SMILES string of the molecule is COc1ccc(C2(c3ccc(F)c(-c4ccc(F)nc4)c3)COC(N)=N2)cc1C. The molecule has 4 rings (SSSR count). The van der Waals surface area contributed by atoms with Crippen LogP contribution < -0.4 is 10.5 Å². The highest BCUT2D eigenvalue weighted by Crippen LogP contribution is 2.40. The number of rotatable bonds is 4. The van der Waals surface area contributed by atoms with E-state index in [0.717, 1.165) is 16.9 Å². The fourth-order valence-corrected chi connectivity index (χ4v) is 3.57. The molecule has 0 amide bonds. The summed E-state index contributed by atoms with van der Waals surface area (Å²) in [5.41, 5.74) is 8.13. The molecule has 0 saturated carbocycles. The van der Waals surface area contributed by atoms with Gasteiger partial charge in [-0.1, -0.05) is 12.1 Å². The molecule has 0 aliphatic carbocycles. The zero-order chi connectivity index (χ0) is 20.6. The van der Waals surface area contributed by atoms with Crippen LogP contribution in [0.25, 0.3) is 11.1 Å². The smallest absolute Gasteiger partial charge is 0.283 e. The van der Waals surface area contributed by atoms with Crippen molar-refractivity contribution < 1.29 is 18.3 Å². The van der Waals surface area contributed by atoms with E-state index in [9.17, 15) is 8.78 Å². The van der Waals surface area contributed by atoms with Crippen molar-refractivity contribution >= 4 is 6.02 Å². The zero-order valence-corrected chi connectivity index (χ0v) is 15.9. The van der Waals surface area contributed by atoms with Crippen LogP contribution in [0.2, 0.25) is 0 Å². The van der Waals surface area contributed by atoms with Crippen molar-refractivity contribution in [3.8, 4) is 16.9 Å². The first-order valence-electron chi connectivity index (χ1n) is 8.98. The first-order valence-corrected chi connectivity index (χ1v) is 8.98. The van der Waals surface area contributed by atoms with E-state index in [4.69, 9.17) is 15.2 Å². The van der Waals surface area contributed by atoms with Crippen LogP contribution in [0, 0.1) is 18.7 Å². The lowest BCUT2D eigenvalue weighted by atomic mass is 9.82. The van der Waals surface area contributed by atoms with Crippen LogP contribution in [-0.4, -0.2) is 24.7 Å². The standard InChI is InChI=1S/C22H19F2N3O2/c1-13-9-15(5-7-19(13)28-2)22(12-29-21(25)27-22)16-4-6-18(23)17(10-16)14-3-8-20(24)26-11-14/h3-11H,12H2,1-2H3,(H2,25,27). The highest BCUT2D eigenvalue weighted by molar-refractivity contribution is 5.76. The Bertz CT molecular complexity index is 1100. The second-order valence-electron chi connectivity index (χ2n) is 6.85. The Morgan fingerprint density at radius 3 is 2.45 bits per heavy atom. The van der Waals surface area contributed by atoms with Gasteiger partial charge in [0, 0.05) is 17.3 Å². The minimum atomic E-state index is -0.934. The maximum atomic E-state index is 14.6. The predicted molar refractivity (Wildman–Crippen MR) is 106 cm³/mol. The maximum absolute atomic E-state index is 14.6. The highest BCUT2D eigenvalue weighted by Gasteiger charge is 2.40. The number of methoxy groups -OCH3 is 1. The van der Waals surface area contributed by atoms with E-state index < -0.39 is 17.3 Å². The lowest BCUT2D eigenvalue weighted by Crippen LogP contribution is -2.27. The van der Waals surface area contributed by atoms with Gasteiger partial charge in [0.1, 0.15) is 18.2 Å². The van der Waals surface area contributed by atoms with E-state index in [1.165, 1.54) is 24.4 Å². The van der Waals surface area contributed by atoms with Gasteiger partial charge in [0.2, 0.25) is 5.95 Å². The van der Waals surface area contributed by atoms with Crippen LogP contribution in [-0.2, 0) is 10.3 Å². The van der Waals surface area contributed by atoms with E-state index >= 15 is 0 Å². The molecule has 29 heavy (non-hydrogen) atoms. The summed E-state index contributed by atoms with van der Waals surface area (Å²) >= 11 is 0. The van der Waals surface area contributed by atoms with Crippen molar-refractivity contribution in [2.75, 3.05) is 13.7 Å². The van der Waals surface area contributed by atoms with Gasteiger partial charge in [-0.3, -0.25) is 0 Å². The zero-order valence-electron chi connectivity index (χ0n) is 15.9. The topological polar surface area (TPSA) is 69.7 Å². The second kappa shape index (κ2) is 7.16. The Labute approximate surface area is 166 Å². The number of hydrogen-bond donors (Lipinski definition) is 1. The molecule has 148 valence electrons. The Kier molecular flexibility index (Phi) is 4.66. The van der Waals surface area contributed by atoms with Crippen LogP contribution in [0.3, 0.4) is 0 Å². The van der Waals surface area contributed by atoms with Gasteiger partial charge < -0.3 is 15.2 Å². The first kappa shape index (κ1) is 18.9. The molecule has 0 radical (unpaired) electrons. The summed E-state index contributed by atoms with van der Waals surface area (Å²) in [7, 11) is 1.61. The molecule has 0 saturated heterocycles. The number of amidine groups is 1. The molecular formula is C22H19F2N3O2. The van der Waals surface area contributed by atoms with Crippen molar-refractivity contribution in [1.82, 2.24) is 4.98 Å². The number of nitrogens with zero attached hydrogens (tertiary/aromatic N) is 2. The molecule has 0 spiro atoms. The Hall–Kier alpha value is -3.48. The average molecular weight is 395 g/mol. The molecule has 1 aromatic heterocycles. The van der Waals surface area contributed by atoms with E-state index in [-0.39, 0.29) is 12.6 Å². The van der Waals surface area contributed by atoms with Gasteiger partial charge in [-0.25, -0.2) is 14.4 Å². The average Bonchev–Trinajstić information content (AvgIpc) is 3.12. The van der Waals surface area contributed by atoms with Crippen LogP contribution in [0.5, 0.6) is 5.75 Å². The van der Waals surface area contributed by atoms with Crippen molar-refractivity contribution in [2.24, 2.45) is 10.7 Å². The fraction of sp³-hybridized carbons (Fsp3) is 0.182. The number of aromatic nitrogens is 1. The summed E-state index contributed by atoms with van der Waals surface area (Å²) in [4.78, 5) is 8.19. The van der Waals surface area contributed by atoms with E-state index in [2.05, 4.69) is 9.98 Å². The molecule has 2 heterocycles. The molecule has 1 aliphatic rings. The molecule has 0 fully saturated rings. The molecule has 1 atom stereocenters. The second-order valence-corrected chi connectivity index (χ2v) is 6.85. The summed E-state index contributed by atoms with van der Waals surface area (Å²) in [5.74, 6) is -0.326.